The highest BCUT2D eigenvalue weighted by Gasteiger charge is 2.38. The Morgan fingerprint density at radius 1 is 0.440 bits per heavy atom. The molecule has 0 bridgehead atoms. The maximum Gasteiger partial charge on any atom is 0.241 e. The van der Waals surface area contributed by atoms with Gasteiger partial charge in [0.1, 0.15) is 0 Å². The molecule has 240 valence electrons. The number of rotatable bonds is 8. The number of hydrogen-bond donors (Lipinski definition) is 0. The SMILES string of the molecule is CC1(C)c2cc(/C=C/c3ccc(B(c4ccccc4)c4ccccc4)cc3)ccc2-c2ccc(P(=O)(c3ccccc3)c3ccccc3)cc21. The van der Waals surface area contributed by atoms with Gasteiger partial charge in [-0.3, -0.25) is 0 Å². The zero-order chi connectivity index (χ0) is 34.1. The van der Waals surface area contributed by atoms with Crippen molar-refractivity contribution in [3.63, 3.8) is 0 Å². The molecule has 3 heteroatoms. The van der Waals surface area contributed by atoms with Crippen LogP contribution in [0.4, 0.5) is 0 Å². The van der Waals surface area contributed by atoms with Gasteiger partial charge in [0.25, 0.3) is 0 Å². The van der Waals surface area contributed by atoms with Gasteiger partial charge in [0.2, 0.25) is 6.71 Å². The quantitative estimate of drug-likeness (QED) is 0.0911. The largest absolute Gasteiger partial charge is 0.309 e. The molecule has 0 aromatic heterocycles. The number of hydrogen-bond acceptors (Lipinski definition) is 1. The molecule has 0 heterocycles. The molecule has 1 aliphatic rings. The van der Waals surface area contributed by atoms with E-state index < -0.39 is 7.14 Å². The molecule has 0 radical (unpaired) electrons. The molecule has 0 atom stereocenters. The van der Waals surface area contributed by atoms with Gasteiger partial charge in [-0.1, -0.05) is 218 Å². The van der Waals surface area contributed by atoms with Crippen LogP contribution in [0.2, 0.25) is 0 Å². The Morgan fingerprint density at radius 3 is 1.40 bits per heavy atom. The van der Waals surface area contributed by atoms with Crippen molar-refractivity contribution in [2.45, 2.75) is 19.3 Å². The van der Waals surface area contributed by atoms with Crippen LogP contribution in [0.15, 0.2) is 182 Å². The van der Waals surface area contributed by atoms with Gasteiger partial charge in [-0.15, -0.1) is 0 Å². The zero-order valence-electron chi connectivity index (χ0n) is 28.4. The molecular formula is C47H38BOP. The van der Waals surface area contributed by atoms with Gasteiger partial charge in [0, 0.05) is 21.3 Å². The molecule has 0 N–H and O–H groups in total. The molecular weight excluding hydrogens is 622 g/mol. The summed E-state index contributed by atoms with van der Waals surface area (Å²) in [5.41, 5.74) is 10.9. The minimum Gasteiger partial charge on any atom is -0.309 e. The Balaban J connectivity index is 1.09. The van der Waals surface area contributed by atoms with Crippen LogP contribution in [0.25, 0.3) is 23.3 Å². The smallest absolute Gasteiger partial charge is 0.241 e. The van der Waals surface area contributed by atoms with Gasteiger partial charge in [-0.2, -0.15) is 0 Å². The molecule has 0 saturated carbocycles. The number of fused-ring (bicyclic) bond motifs is 3. The molecule has 0 amide bonds. The molecule has 0 unspecified atom stereocenters. The fourth-order valence-electron chi connectivity index (χ4n) is 7.63. The van der Waals surface area contributed by atoms with Crippen molar-refractivity contribution in [3.05, 3.63) is 204 Å². The lowest BCUT2D eigenvalue weighted by Crippen LogP contribution is -2.51. The Labute approximate surface area is 296 Å². The Hall–Kier alpha value is -5.43. The van der Waals surface area contributed by atoms with Gasteiger partial charge in [0.05, 0.1) is 0 Å². The maximum atomic E-state index is 15.2. The lowest BCUT2D eigenvalue weighted by atomic mass is 9.37. The van der Waals surface area contributed by atoms with Crippen LogP contribution in [0.5, 0.6) is 0 Å². The monoisotopic (exact) mass is 660 g/mol. The highest BCUT2D eigenvalue weighted by Crippen LogP contribution is 2.51. The van der Waals surface area contributed by atoms with Crippen LogP contribution in [-0.2, 0) is 9.98 Å². The summed E-state index contributed by atoms with van der Waals surface area (Å²) in [7, 11) is -3.07. The van der Waals surface area contributed by atoms with Crippen molar-refractivity contribution in [3.8, 4) is 11.1 Å². The van der Waals surface area contributed by atoms with E-state index in [1.165, 1.54) is 49.8 Å². The lowest BCUT2D eigenvalue weighted by molar-refractivity contribution is 0.592. The first-order valence-electron chi connectivity index (χ1n) is 17.3. The molecule has 1 nitrogen and oxygen atoms in total. The zero-order valence-corrected chi connectivity index (χ0v) is 29.3. The Kier molecular flexibility index (Phi) is 8.35. The topological polar surface area (TPSA) is 17.1 Å². The van der Waals surface area contributed by atoms with Crippen LogP contribution >= 0.6 is 7.14 Å². The summed E-state index contributed by atoms with van der Waals surface area (Å²) in [6.45, 7) is 4.77. The maximum absolute atomic E-state index is 15.2. The lowest BCUT2D eigenvalue weighted by Gasteiger charge is -2.25. The third-order valence-corrected chi connectivity index (χ3v) is 13.3. The molecule has 0 saturated heterocycles. The van der Waals surface area contributed by atoms with E-state index in [2.05, 4.69) is 147 Å². The highest BCUT2D eigenvalue weighted by molar-refractivity contribution is 7.85. The standard InChI is InChI=1S/C47H38BOP/c1-47(2)45-33-36(24-23-35-25-28-39(29-26-35)48(37-15-7-3-8-16-37)38-17-9-4-10-18-38)27-31-43(45)44-32-30-42(34-46(44)47)50(49,40-19-11-5-12-20-40)41-21-13-6-14-22-41/h3-34H,1-2H3/b24-23+. The van der Waals surface area contributed by atoms with Crippen LogP contribution in [0.1, 0.15) is 36.1 Å². The van der Waals surface area contributed by atoms with E-state index in [0.717, 1.165) is 15.9 Å². The summed E-state index contributed by atoms with van der Waals surface area (Å²) >= 11 is 0. The van der Waals surface area contributed by atoms with Crippen molar-refractivity contribution in [1.82, 2.24) is 0 Å². The van der Waals surface area contributed by atoms with Gasteiger partial charge >= 0.3 is 0 Å². The third-order valence-electron chi connectivity index (χ3n) is 10.3. The average Bonchev–Trinajstić information content (AvgIpc) is 3.40. The normalized spacial score (nSPS) is 13.2. The minimum absolute atomic E-state index is 0.186. The van der Waals surface area contributed by atoms with Crippen LogP contribution < -0.4 is 32.3 Å². The van der Waals surface area contributed by atoms with Crippen molar-refractivity contribution in [2.75, 3.05) is 0 Å². The molecule has 7 aromatic rings. The van der Waals surface area contributed by atoms with E-state index in [1.807, 2.05) is 60.7 Å². The second-order valence-electron chi connectivity index (χ2n) is 13.7. The van der Waals surface area contributed by atoms with E-state index in [4.69, 9.17) is 0 Å². The third kappa shape index (κ3) is 5.70. The van der Waals surface area contributed by atoms with Crippen molar-refractivity contribution in [2.24, 2.45) is 0 Å². The predicted octanol–water partition coefficient (Wildman–Crippen LogP) is 8.32. The van der Waals surface area contributed by atoms with Crippen molar-refractivity contribution >= 4 is 58.3 Å². The summed E-state index contributed by atoms with van der Waals surface area (Å²) in [6, 6.07) is 63.6. The number of benzene rings is 7. The molecule has 1 aliphatic carbocycles. The molecule has 50 heavy (non-hydrogen) atoms. The van der Waals surface area contributed by atoms with E-state index in [1.54, 1.807) is 0 Å². The van der Waals surface area contributed by atoms with Crippen molar-refractivity contribution in [1.29, 1.82) is 0 Å². The molecule has 0 aliphatic heterocycles. The van der Waals surface area contributed by atoms with E-state index in [0.29, 0.717) is 0 Å². The minimum atomic E-state index is -3.07. The first-order chi connectivity index (χ1) is 24.4. The highest BCUT2D eigenvalue weighted by atomic mass is 31.2. The molecule has 0 fully saturated rings. The molecule has 0 spiro atoms. The van der Waals surface area contributed by atoms with E-state index in [9.17, 15) is 0 Å². The average molecular weight is 661 g/mol. The fourth-order valence-corrected chi connectivity index (χ4v) is 10.3. The predicted molar refractivity (Wildman–Crippen MR) is 216 cm³/mol. The fraction of sp³-hybridized carbons (Fsp3) is 0.0638. The van der Waals surface area contributed by atoms with Crippen molar-refractivity contribution < 1.29 is 4.57 Å². The van der Waals surface area contributed by atoms with E-state index in [-0.39, 0.29) is 12.1 Å². The Bertz CT molecular complexity index is 2260. The summed E-state index contributed by atoms with van der Waals surface area (Å²) < 4.78 is 15.2. The summed E-state index contributed by atoms with van der Waals surface area (Å²) in [6.07, 6.45) is 4.42. The van der Waals surface area contributed by atoms with Gasteiger partial charge in [-0.05, 0) is 39.4 Å². The second kappa shape index (κ2) is 13.1. The van der Waals surface area contributed by atoms with Gasteiger partial charge in [-0.25, -0.2) is 0 Å². The van der Waals surface area contributed by atoms with Gasteiger partial charge < -0.3 is 4.57 Å². The van der Waals surface area contributed by atoms with E-state index >= 15 is 4.57 Å². The Morgan fingerprint density at radius 2 is 0.860 bits per heavy atom. The summed E-state index contributed by atoms with van der Waals surface area (Å²) in [5.74, 6) is 0. The first-order valence-corrected chi connectivity index (χ1v) is 19.0. The molecule has 8 rings (SSSR count). The van der Waals surface area contributed by atoms with Crippen LogP contribution in [-0.4, -0.2) is 6.71 Å². The van der Waals surface area contributed by atoms with Crippen LogP contribution in [0.3, 0.4) is 0 Å². The molecule has 7 aromatic carbocycles. The second-order valence-corrected chi connectivity index (χ2v) is 16.5. The first kappa shape index (κ1) is 31.8. The summed E-state index contributed by atoms with van der Waals surface area (Å²) in [4.78, 5) is 0. The van der Waals surface area contributed by atoms with Crippen LogP contribution in [0, 0.1) is 0 Å². The van der Waals surface area contributed by atoms with Gasteiger partial charge in [0.15, 0.2) is 7.14 Å². The summed E-state index contributed by atoms with van der Waals surface area (Å²) in [5, 5.41) is 2.59.